The molecule has 0 fully saturated rings. The molecule has 4 aromatic rings. The van der Waals surface area contributed by atoms with Crippen LogP contribution in [0.4, 0.5) is 11.4 Å². The minimum atomic E-state index is 0.735. The molecule has 6 heteroatoms. The largest absolute Gasteiger partial charge is 0.496 e. The minimum Gasteiger partial charge on any atom is -0.496 e. The highest BCUT2D eigenvalue weighted by Crippen LogP contribution is 2.38. The number of azo groups is 1. The molecule has 2 aromatic carbocycles. The van der Waals surface area contributed by atoms with Gasteiger partial charge in [-0.1, -0.05) is 12.1 Å². The van der Waals surface area contributed by atoms with E-state index in [1.54, 1.807) is 36.9 Å². The van der Waals surface area contributed by atoms with Crippen molar-refractivity contribution < 1.29 is 9.47 Å². The molecule has 2 heterocycles. The second-order valence-corrected chi connectivity index (χ2v) is 7.82. The Morgan fingerprint density at radius 1 is 0.643 bits per heavy atom. The number of rotatable bonds is 6. The van der Waals surface area contributed by atoms with E-state index in [4.69, 9.17) is 9.47 Å². The average Bonchev–Trinajstić information content (AvgIpc) is 3.46. The molecule has 28 heavy (non-hydrogen) atoms. The lowest BCUT2D eigenvalue weighted by Crippen LogP contribution is -1.86. The van der Waals surface area contributed by atoms with Crippen LogP contribution in [0.2, 0.25) is 0 Å². The lowest BCUT2D eigenvalue weighted by atomic mass is 10.1. The van der Waals surface area contributed by atoms with Crippen LogP contribution in [-0.4, -0.2) is 14.2 Å². The lowest BCUT2D eigenvalue weighted by Gasteiger charge is -2.08. The Morgan fingerprint density at radius 2 is 1.11 bits per heavy atom. The van der Waals surface area contributed by atoms with Crippen molar-refractivity contribution in [2.75, 3.05) is 14.2 Å². The number of ether oxygens (including phenoxy) is 2. The van der Waals surface area contributed by atoms with Crippen LogP contribution in [0.5, 0.6) is 11.5 Å². The molecule has 4 rings (SSSR count). The van der Waals surface area contributed by atoms with Gasteiger partial charge in [0.2, 0.25) is 0 Å². The van der Waals surface area contributed by atoms with Crippen molar-refractivity contribution in [1.29, 1.82) is 0 Å². The number of nitrogens with zero attached hydrogens (tertiary/aromatic N) is 2. The van der Waals surface area contributed by atoms with Crippen molar-refractivity contribution in [2.24, 2.45) is 10.2 Å². The summed E-state index contributed by atoms with van der Waals surface area (Å²) in [5, 5.41) is 12.8. The first-order chi connectivity index (χ1) is 13.8. The van der Waals surface area contributed by atoms with Crippen LogP contribution in [0.1, 0.15) is 0 Å². The van der Waals surface area contributed by atoms with Crippen molar-refractivity contribution in [2.45, 2.75) is 0 Å². The number of hydrogen-bond donors (Lipinski definition) is 0. The molecule has 0 amide bonds. The molecule has 140 valence electrons. The third kappa shape index (κ3) is 3.83. The van der Waals surface area contributed by atoms with Gasteiger partial charge in [-0.3, -0.25) is 0 Å². The predicted octanol–water partition coefficient (Wildman–Crippen LogP) is 7.58. The summed E-state index contributed by atoms with van der Waals surface area (Å²) in [5.74, 6) is 1.56. The van der Waals surface area contributed by atoms with Gasteiger partial charge in [0.25, 0.3) is 0 Å². The summed E-state index contributed by atoms with van der Waals surface area (Å²) in [4.78, 5) is 2.32. The number of thiophene rings is 2. The zero-order valence-electron chi connectivity index (χ0n) is 15.5. The topological polar surface area (TPSA) is 43.2 Å². The van der Waals surface area contributed by atoms with E-state index in [-0.39, 0.29) is 0 Å². The number of methoxy groups -OCH3 is 2. The molecule has 0 spiro atoms. The van der Waals surface area contributed by atoms with E-state index in [1.165, 1.54) is 0 Å². The normalized spacial score (nSPS) is 11.1. The average molecular weight is 407 g/mol. The molecule has 0 aliphatic heterocycles. The predicted molar refractivity (Wildman–Crippen MR) is 117 cm³/mol. The van der Waals surface area contributed by atoms with Crippen LogP contribution in [0, 0.1) is 0 Å². The van der Waals surface area contributed by atoms with Crippen molar-refractivity contribution in [3.63, 3.8) is 0 Å². The Kier molecular flexibility index (Phi) is 5.50. The van der Waals surface area contributed by atoms with Crippen molar-refractivity contribution in [1.82, 2.24) is 0 Å². The number of hydrogen-bond acceptors (Lipinski definition) is 6. The molecule has 0 N–H and O–H groups in total. The lowest BCUT2D eigenvalue weighted by molar-refractivity contribution is 0.416. The van der Waals surface area contributed by atoms with Gasteiger partial charge in [0, 0.05) is 33.0 Å². The van der Waals surface area contributed by atoms with Crippen molar-refractivity contribution in [3.05, 3.63) is 71.4 Å². The SMILES string of the molecule is COc1cc(N=Nc2ccc(-c3cccs3)c(OC)c2)ccc1-c1cccs1. The van der Waals surface area contributed by atoms with Gasteiger partial charge >= 0.3 is 0 Å². The molecule has 0 radical (unpaired) electrons. The van der Waals surface area contributed by atoms with Gasteiger partial charge < -0.3 is 9.47 Å². The quantitative estimate of drug-likeness (QED) is 0.310. The van der Waals surface area contributed by atoms with Crippen molar-refractivity contribution >= 4 is 34.0 Å². The molecule has 0 aliphatic rings. The Hall–Kier alpha value is -2.96. The fraction of sp³-hybridized carbons (Fsp3) is 0.0909. The van der Waals surface area contributed by atoms with Gasteiger partial charge in [-0.25, -0.2) is 0 Å². The summed E-state index contributed by atoms with van der Waals surface area (Å²) in [6.07, 6.45) is 0. The second kappa shape index (κ2) is 8.37. The van der Waals surface area contributed by atoms with E-state index in [2.05, 4.69) is 33.1 Å². The maximum Gasteiger partial charge on any atom is 0.129 e. The monoisotopic (exact) mass is 406 g/mol. The molecule has 2 aromatic heterocycles. The van der Waals surface area contributed by atoms with Crippen LogP contribution in [0.25, 0.3) is 20.9 Å². The fourth-order valence-electron chi connectivity index (χ4n) is 2.87. The molecule has 0 saturated carbocycles. The van der Waals surface area contributed by atoms with Crippen LogP contribution >= 0.6 is 22.7 Å². The first-order valence-electron chi connectivity index (χ1n) is 8.64. The summed E-state index contributed by atoms with van der Waals surface area (Å²) in [6.45, 7) is 0. The Bertz CT molecular complexity index is 1000. The van der Waals surface area contributed by atoms with Crippen LogP contribution in [0.3, 0.4) is 0 Å². The van der Waals surface area contributed by atoms with Gasteiger partial charge in [-0.05, 0) is 47.2 Å². The molecule has 0 atom stereocenters. The van der Waals surface area contributed by atoms with Gasteiger partial charge in [-0.2, -0.15) is 10.2 Å². The number of benzene rings is 2. The van der Waals surface area contributed by atoms with E-state index >= 15 is 0 Å². The molecule has 0 unspecified atom stereocenters. The van der Waals surface area contributed by atoms with Crippen LogP contribution < -0.4 is 9.47 Å². The third-order valence-electron chi connectivity index (χ3n) is 4.22. The smallest absolute Gasteiger partial charge is 0.129 e. The Labute approximate surface area is 171 Å². The van der Waals surface area contributed by atoms with Gasteiger partial charge in [0.1, 0.15) is 11.5 Å². The minimum absolute atomic E-state index is 0.735. The Morgan fingerprint density at radius 3 is 1.46 bits per heavy atom. The zero-order chi connectivity index (χ0) is 19.3. The van der Waals surface area contributed by atoms with Gasteiger partial charge in [0.15, 0.2) is 0 Å². The van der Waals surface area contributed by atoms with Crippen LogP contribution in [-0.2, 0) is 0 Å². The molecule has 4 nitrogen and oxygen atoms in total. The summed E-state index contributed by atoms with van der Waals surface area (Å²) in [6, 6.07) is 19.9. The van der Waals surface area contributed by atoms with E-state index in [0.717, 1.165) is 43.8 Å². The summed E-state index contributed by atoms with van der Waals surface area (Å²) < 4.78 is 11.1. The van der Waals surface area contributed by atoms with E-state index < -0.39 is 0 Å². The second-order valence-electron chi connectivity index (χ2n) is 5.92. The van der Waals surface area contributed by atoms with E-state index in [0.29, 0.717) is 0 Å². The summed E-state index contributed by atoms with van der Waals surface area (Å²) in [7, 11) is 3.34. The van der Waals surface area contributed by atoms with Gasteiger partial charge in [-0.15, -0.1) is 22.7 Å². The first-order valence-corrected chi connectivity index (χ1v) is 10.4. The van der Waals surface area contributed by atoms with E-state index in [9.17, 15) is 0 Å². The summed E-state index contributed by atoms with van der Waals surface area (Å²) in [5.41, 5.74) is 3.58. The first kappa shape index (κ1) is 18.4. The maximum absolute atomic E-state index is 5.54. The van der Waals surface area contributed by atoms with Gasteiger partial charge in [0.05, 0.1) is 25.6 Å². The fourth-order valence-corrected chi connectivity index (χ4v) is 4.38. The van der Waals surface area contributed by atoms with Crippen molar-refractivity contribution in [3.8, 4) is 32.4 Å². The highest BCUT2D eigenvalue weighted by Gasteiger charge is 2.09. The molecular formula is C22H18N2O2S2. The molecule has 0 saturated heterocycles. The maximum atomic E-state index is 5.54. The molecule has 0 aliphatic carbocycles. The molecule has 0 bridgehead atoms. The third-order valence-corrected chi connectivity index (χ3v) is 6.03. The standard InChI is InChI=1S/C22H18N2O2S2/c1-25-19-13-15(7-9-17(19)21-5-3-11-27-21)23-24-16-8-10-18(20(14-16)26-2)22-6-4-12-28-22/h3-14H,1-2H3. The zero-order valence-corrected chi connectivity index (χ0v) is 17.1. The highest BCUT2D eigenvalue weighted by molar-refractivity contribution is 7.13. The van der Waals surface area contributed by atoms with Crippen LogP contribution in [0.15, 0.2) is 81.7 Å². The Balaban J connectivity index is 1.60. The molecular weight excluding hydrogens is 388 g/mol. The van der Waals surface area contributed by atoms with E-state index in [1.807, 2.05) is 48.5 Å². The summed E-state index contributed by atoms with van der Waals surface area (Å²) >= 11 is 3.36. The highest BCUT2D eigenvalue weighted by atomic mass is 32.1.